The zero-order valence-corrected chi connectivity index (χ0v) is 11.2. The van der Waals surface area contributed by atoms with Gasteiger partial charge >= 0.3 is 0 Å². The molecule has 0 bridgehead atoms. The maximum atomic E-state index is 10.0. The van der Waals surface area contributed by atoms with Crippen LogP contribution in [0.3, 0.4) is 0 Å². The number of fused-ring (bicyclic) bond motifs is 1. The highest BCUT2D eigenvalue weighted by molar-refractivity contribution is 7.16. The van der Waals surface area contributed by atoms with Gasteiger partial charge in [0, 0.05) is 17.0 Å². The minimum Gasteiger partial charge on any atom is -0.390 e. The van der Waals surface area contributed by atoms with Gasteiger partial charge in [0.05, 0.1) is 5.00 Å². The number of hydrogen-bond acceptors (Lipinski definition) is 4. The first-order chi connectivity index (χ1) is 8.24. The molecule has 1 atom stereocenters. The van der Waals surface area contributed by atoms with Gasteiger partial charge in [-0.05, 0) is 38.2 Å². The molecule has 1 heterocycles. The number of nitrogens with two attached hydrogens (primary N) is 1. The highest BCUT2D eigenvalue weighted by Crippen LogP contribution is 2.38. The van der Waals surface area contributed by atoms with Crippen LogP contribution in [-0.4, -0.2) is 11.7 Å². The third kappa shape index (κ3) is 2.81. The molecular weight excluding hydrogens is 234 g/mol. The van der Waals surface area contributed by atoms with Gasteiger partial charge in [-0.15, -0.1) is 11.3 Å². The van der Waals surface area contributed by atoms with Crippen molar-refractivity contribution in [2.75, 3.05) is 12.3 Å². The number of aryl methyl sites for hydroxylation is 1. The molecule has 1 aromatic heterocycles. The number of anilines is 1. The van der Waals surface area contributed by atoms with Gasteiger partial charge in [-0.3, -0.25) is 0 Å². The second kappa shape index (κ2) is 5.85. The zero-order chi connectivity index (χ0) is 12.3. The van der Waals surface area contributed by atoms with Crippen LogP contribution in [0.15, 0.2) is 0 Å². The Labute approximate surface area is 107 Å². The maximum absolute atomic E-state index is 10.0. The molecule has 17 heavy (non-hydrogen) atoms. The lowest BCUT2D eigenvalue weighted by Crippen LogP contribution is -2.08. The van der Waals surface area contributed by atoms with Crippen molar-refractivity contribution in [3.05, 3.63) is 16.0 Å². The first-order valence-corrected chi connectivity index (χ1v) is 7.25. The summed E-state index contributed by atoms with van der Waals surface area (Å²) >= 11 is 1.63. The van der Waals surface area contributed by atoms with E-state index in [1.54, 1.807) is 11.3 Å². The Kier molecular flexibility index (Phi) is 4.42. The van der Waals surface area contributed by atoms with Gasteiger partial charge in [0.2, 0.25) is 0 Å². The average Bonchev–Trinajstić information content (AvgIpc) is 2.55. The Balaban J connectivity index is 2.30. The Hall–Kier alpha value is -0.580. The number of ether oxygens (including phenoxy) is 1. The fraction of sp³-hybridized carbons (Fsp3) is 0.692. The second-order valence-corrected chi connectivity index (χ2v) is 5.64. The van der Waals surface area contributed by atoms with Crippen molar-refractivity contribution >= 4 is 16.3 Å². The van der Waals surface area contributed by atoms with Crippen molar-refractivity contribution < 1.29 is 9.84 Å². The molecule has 0 saturated carbocycles. The highest BCUT2D eigenvalue weighted by atomic mass is 32.1. The van der Waals surface area contributed by atoms with E-state index in [0.29, 0.717) is 6.61 Å². The van der Waals surface area contributed by atoms with Crippen LogP contribution in [0.5, 0.6) is 0 Å². The van der Waals surface area contributed by atoms with E-state index in [2.05, 4.69) is 0 Å². The van der Waals surface area contributed by atoms with Crippen LogP contribution in [0.4, 0.5) is 5.00 Å². The first-order valence-electron chi connectivity index (χ1n) is 6.43. The standard InChI is InChI=1S/C13H21NO2S/c1-2-16-13(15)11-9-7-5-3-4-6-8-10(9)17-12(11)14/h13,15H,2-8,14H2,1H3. The molecule has 0 aliphatic heterocycles. The molecule has 3 N–H and O–H groups in total. The number of hydrogen-bond donors (Lipinski definition) is 2. The molecule has 4 heteroatoms. The highest BCUT2D eigenvalue weighted by Gasteiger charge is 2.22. The summed E-state index contributed by atoms with van der Waals surface area (Å²) in [6, 6.07) is 0. The number of thiophene rings is 1. The van der Waals surface area contributed by atoms with Gasteiger partial charge in [-0.1, -0.05) is 12.8 Å². The molecule has 96 valence electrons. The molecule has 3 nitrogen and oxygen atoms in total. The molecule has 1 unspecified atom stereocenters. The van der Waals surface area contributed by atoms with Crippen molar-refractivity contribution in [1.29, 1.82) is 0 Å². The summed E-state index contributed by atoms with van der Waals surface area (Å²) in [5.41, 5.74) is 8.13. The van der Waals surface area contributed by atoms with E-state index in [-0.39, 0.29) is 0 Å². The van der Waals surface area contributed by atoms with Crippen LogP contribution in [0.1, 0.15) is 54.9 Å². The summed E-state index contributed by atoms with van der Waals surface area (Å²) < 4.78 is 5.29. The van der Waals surface area contributed by atoms with Gasteiger partial charge in [0.25, 0.3) is 0 Å². The Morgan fingerprint density at radius 3 is 2.71 bits per heavy atom. The van der Waals surface area contributed by atoms with E-state index in [4.69, 9.17) is 10.5 Å². The molecule has 1 aromatic rings. The van der Waals surface area contributed by atoms with Crippen molar-refractivity contribution in [2.24, 2.45) is 0 Å². The Morgan fingerprint density at radius 2 is 2.00 bits per heavy atom. The molecule has 0 radical (unpaired) electrons. The summed E-state index contributed by atoms with van der Waals surface area (Å²) in [5, 5.41) is 10.7. The third-order valence-corrected chi connectivity index (χ3v) is 4.45. The van der Waals surface area contributed by atoms with Crippen LogP contribution in [-0.2, 0) is 17.6 Å². The summed E-state index contributed by atoms with van der Waals surface area (Å²) in [7, 11) is 0. The van der Waals surface area contributed by atoms with Crippen LogP contribution in [0.2, 0.25) is 0 Å². The number of aliphatic hydroxyl groups excluding tert-OH is 1. The fourth-order valence-electron chi connectivity index (χ4n) is 2.48. The average molecular weight is 255 g/mol. The second-order valence-electron chi connectivity index (χ2n) is 4.50. The molecule has 0 spiro atoms. The van der Waals surface area contributed by atoms with Gasteiger partial charge < -0.3 is 15.6 Å². The lowest BCUT2D eigenvalue weighted by atomic mass is 9.96. The summed E-state index contributed by atoms with van der Waals surface area (Å²) in [6.45, 7) is 2.39. The van der Waals surface area contributed by atoms with Crippen LogP contribution in [0.25, 0.3) is 0 Å². The van der Waals surface area contributed by atoms with Crippen molar-refractivity contribution in [3.8, 4) is 0 Å². The van der Waals surface area contributed by atoms with Gasteiger partial charge in [0.1, 0.15) is 0 Å². The topological polar surface area (TPSA) is 55.5 Å². The van der Waals surface area contributed by atoms with Crippen LogP contribution >= 0.6 is 11.3 Å². The lowest BCUT2D eigenvalue weighted by molar-refractivity contribution is -0.0977. The van der Waals surface area contributed by atoms with E-state index in [1.165, 1.54) is 36.1 Å². The van der Waals surface area contributed by atoms with Crippen LogP contribution < -0.4 is 5.73 Å². The van der Waals surface area contributed by atoms with E-state index in [1.807, 2.05) is 6.92 Å². The summed E-state index contributed by atoms with van der Waals surface area (Å²) in [5.74, 6) is 0. The largest absolute Gasteiger partial charge is 0.390 e. The fourth-order valence-corrected chi connectivity index (χ4v) is 3.66. The molecule has 0 amide bonds. The van der Waals surface area contributed by atoms with Crippen molar-refractivity contribution in [2.45, 2.75) is 51.7 Å². The third-order valence-electron chi connectivity index (χ3n) is 3.31. The summed E-state index contributed by atoms with van der Waals surface area (Å²) in [6.07, 6.45) is 6.29. The summed E-state index contributed by atoms with van der Waals surface area (Å²) in [4.78, 5) is 1.36. The smallest absolute Gasteiger partial charge is 0.184 e. The van der Waals surface area contributed by atoms with Gasteiger partial charge in [-0.2, -0.15) is 0 Å². The van der Waals surface area contributed by atoms with Crippen molar-refractivity contribution in [3.63, 3.8) is 0 Å². The van der Waals surface area contributed by atoms with Gasteiger partial charge in [-0.25, -0.2) is 0 Å². The normalized spacial score (nSPS) is 18.2. The number of rotatable bonds is 3. The van der Waals surface area contributed by atoms with Gasteiger partial charge in [0.15, 0.2) is 6.29 Å². The number of nitrogen functional groups attached to an aromatic ring is 1. The Morgan fingerprint density at radius 1 is 1.29 bits per heavy atom. The van der Waals surface area contributed by atoms with E-state index < -0.39 is 6.29 Å². The minimum absolute atomic E-state index is 0.505. The molecule has 2 rings (SSSR count). The molecule has 1 aliphatic carbocycles. The number of aliphatic hydroxyl groups is 1. The first kappa shape index (κ1) is 12.9. The predicted molar refractivity (Wildman–Crippen MR) is 71.2 cm³/mol. The van der Waals surface area contributed by atoms with E-state index in [9.17, 15) is 5.11 Å². The maximum Gasteiger partial charge on any atom is 0.184 e. The minimum atomic E-state index is -0.848. The van der Waals surface area contributed by atoms with E-state index >= 15 is 0 Å². The monoisotopic (exact) mass is 255 g/mol. The quantitative estimate of drug-likeness (QED) is 0.816. The van der Waals surface area contributed by atoms with Crippen LogP contribution in [0, 0.1) is 0 Å². The zero-order valence-electron chi connectivity index (χ0n) is 10.4. The van der Waals surface area contributed by atoms with Crippen molar-refractivity contribution in [1.82, 2.24) is 0 Å². The predicted octanol–water partition coefficient (Wildman–Crippen LogP) is 3.02. The SMILES string of the molecule is CCOC(O)c1c(N)sc2c1CCCCCC2. The molecular formula is C13H21NO2S. The molecule has 1 aliphatic rings. The Bertz CT molecular complexity index is 376. The molecule has 0 aromatic carbocycles. The lowest BCUT2D eigenvalue weighted by Gasteiger charge is -2.15. The van der Waals surface area contributed by atoms with E-state index in [0.717, 1.165) is 23.4 Å². The molecule has 0 fully saturated rings. The molecule has 0 saturated heterocycles.